The molecule has 1 aromatic heterocycles. The molecular weight excluding hydrogens is 433 g/mol. The second kappa shape index (κ2) is 9.03. The van der Waals surface area contributed by atoms with Crippen LogP contribution in [0.5, 0.6) is 0 Å². The molecule has 8 heteroatoms. The standard InChI is InChI=1S/C23H20FN3O2S2/c1-14-7-9-16(10-8-14)19-13-30-21(26-19)11-22-27(23(29)15(2)31-22)12-20(28)25-18-6-4-3-5-17(18)24/h3-11,13,15H,12H2,1-2H3,(H,25,28)/b22-11-/t15-/m0/s1. The van der Waals surface area contributed by atoms with Gasteiger partial charge < -0.3 is 5.32 Å². The summed E-state index contributed by atoms with van der Waals surface area (Å²) < 4.78 is 13.8. The molecule has 0 radical (unpaired) electrons. The summed E-state index contributed by atoms with van der Waals surface area (Å²) in [6.45, 7) is 3.65. The quantitative estimate of drug-likeness (QED) is 0.580. The number of thiazole rings is 1. The van der Waals surface area contributed by atoms with Crippen LogP contribution in [-0.2, 0) is 9.59 Å². The van der Waals surface area contributed by atoms with E-state index >= 15 is 0 Å². The third-order valence-electron chi connectivity index (χ3n) is 4.74. The van der Waals surface area contributed by atoms with Gasteiger partial charge in [-0.25, -0.2) is 9.37 Å². The van der Waals surface area contributed by atoms with Crippen LogP contribution in [0.1, 0.15) is 17.5 Å². The number of carbonyl (C=O) groups excluding carboxylic acids is 2. The normalized spacial score (nSPS) is 17.4. The van der Waals surface area contributed by atoms with E-state index in [-0.39, 0.29) is 23.4 Å². The highest BCUT2D eigenvalue weighted by molar-refractivity contribution is 8.04. The van der Waals surface area contributed by atoms with E-state index < -0.39 is 11.7 Å². The molecule has 0 unspecified atom stereocenters. The van der Waals surface area contributed by atoms with E-state index in [0.29, 0.717) is 5.03 Å². The van der Waals surface area contributed by atoms with Gasteiger partial charge in [-0.1, -0.05) is 53.7 Å². The maximum absolute atomic E-state index is 13.8. The molecule has 1 fully saturated rings. The van der Waals surface area contributed by atoms with Crippen molar-refractivity contribution in [3.05, 3.63) is 75.3 Å². The summed E-state index contributed by atoms with van der Waals surface area (Å²) in [6.07, 6.45) is 1.82. The summed E-state index contributed by atoms with van der Waals surface area (Å²) in [6, 6.07) is 14.1. The first-order chi connectivity index (χ1) is 14.9. The van der Waals surface area contributed by atoms with E-state index in [0.717, 1.165) is 16.3 Å². The van der Waals surface area contributed by atoms with Crippen LogP contribution >= 0.6 is 23.1 Å². The van der Waals surface area contributed by atoms with Crippen molar-refractivity contribution in [1.29, 1.82) is 0 Å². The van der Waals surface area contributed by atoms with Crippen molar-refractivity contribution < 1.29 is 14.0 Å². The second-order valence-corrected chi connectivity index (χ2v) is 9.38. The Morgan fingerprint density at radius 3 is 2.71 bits per heavy atom. The third kappa shape index (κ3) is 4.86. The first-order valence-electron chi connectivity index (χ1n) is 9.67. The molecule has 1 aliphatic rings. The molecular formula is C23H20FN3O2S2. The molecule has 1 aliphatic heterocycles. The van der Waals surface area contributed by atoms with E-state index in [9.17, 15) is 14.0 Å². The van der Waals surface area contributed by atoms with Crippen molar-refractivity contribution in [3.63, 3.8) is 0 Å². The lowest BCUT2D eigenvalue weighted by Gasteiger charge is -2.17. The molecule has 158 valence electrons. The van der Waals surface area contributed by atoms with Crippen molar-refractivity contribution in [3.8, 4) is 11.3 Å². The van der Waals surface area contributed by atoms with E-state index in [4.69, 9.17) is 0 Å². The van der Waals surface area contributed by atoms with Crippen LogP contribution in [0.25, 0.3) is 17.3 Å². The van der Waals surface area contributed by atoms with Gasteiger partial charge in [-0.15, -0.1) is 11.3 Å². The number of hydrogen-bond donors (Lipinski definition) is 1. The largest absolute Gasteiger partial charge is 0.322 e. The Morgan fingerprint density at radius 2 is 1.97 bits per heavy atom. The van der Waals surface area contributed by atoms with Gasteiger partial charge in [0.05, 0.1) is 21.7 Å². The van der Waals surface area contributed by atoms with Crippen LogP contribution in [0.2, 0.25) is 0 Å². The zero-order valence-electron chi connectivity index (χ0n) is 17.0. The monoisotopic (exact) mass is 453 g/mol. The van der Waals surface area contributed by atoms with E-state index in [1.165, 1.54) is 45.7 Å². The Bertz CT molecular complexity index is 1160. The Labute approximate surface area is 188 Å². The van der Waals surface area contributed by atoms with Gasteiger partial charge >= 0.3 is 0 Å². The predicted octanol–water partition coefficient (Wildman–Crippen LogP) is 5.16. The number of para-hydroxylation sites is 1. The molecule has 1 N–H and O–H groups in total. The number of nitrogens with one attached hydrogen (secondary N) is 1. The Balaban J connectivity index is 1.52. The molecule has 5 nitrogen and oxygen atoms in total. The molecule has 2 aromatic carbocycles. The maximum Gasteiger partial charge on any atom is 0.244 e. The molecule has 0 spiro atoms. The van der Waals surface area contributed by atoms with E-state index in [2.05, 4.69) is 10.3 Å². The molecule has 4 rings (SSSR count). The van der Waals surface area contributed by atoms with Crippen LogP contribution in [0.3, 0.4) is 0 Å². The summed E-state index contributed by atoms with van der Waals surface area (Å²) in [5.41, 5.74) is 3.16. The minimum atomic E-state index is -0.520. The van der Waals surface area contributed by atoms with Crippen LogP contribution in [-0.4, -0.2) is 33.5 Å². The third-order valence-corrected chi connectivity index (χ3v) is 6.67. The lowest BCUT2D eigenvalue weighted by atomic mass is 10.1. The van der Waals surface area contributed by atoms with Crippen molar-refractivity contribution in [2.75, 3.05) is 11.9 Å². The lowest BCUT2D eigenvalue weighted by molar-refractivity contribution is -0.130. The number of anilines is 1. The SMILES string of the molecule is Cc1ccc(-c2csc(/C=C3\S[C@@H](C)C(=O)N3CC(=O)Nc3ccccc3F)n2)cc1. The van der Waals surface area contributed by atoms with Gasteiger partial charge in [-0.2, -0.15) is 0 Å². The molecule has 0 bridgehead atoms. The summed E-state index contributed by atoms with van der Waals surface area (Å²) >= 11 is 2.86. The van der Waals surface area contributed by atoms with Gasteiger partial charge in [-0.05, 0) is 26.0 Å². The smallest absolute Gasteiger partial charge is 0.244 e. The molecule has 0 saturated carbocycles. The Morgan fingerprint density at radius 1 is 1.23 bits per heavy atom. The fourth-order valence-corrected chi connectivity index (χ4v) is 4.98. The van der Waals surface area contributed by atoms with Crippen LogP contribution in [0, 0.1) is 12.7 Å². The number of aryl methyl sites for hydroxylation is 1. The highest BCUT2D eigenvalue weighted by Gasteiger charge is 2.35. The highest BCUT2D eigenvalue weighted by Crippen LogP contribution is 2.37. The van der Waals surface area contributed by atoms with Gasteiger partial charge in [0.1, 0.15) is 17.4 Å². The number of thioether (sulfide) groups is 1. The molecule has 1 saturated heterocycles. The van der Waals surface area contributed by atoms with Crippen molar-refractivity contribution in [2.45, 2.75) is 19.1 Å². The first kappa shape index (κ1) is 21.3. The minimum Gasteiger partial charge on any atom is -0.322 e. The first-order valence-corrected chi connectivity index (χ1v) is 11.4. The summed E-state index contributed by atoms with van der Waals surface area (Å²) in [5.74, 6) is -1.14. The zero-order chi connectivity index (χ0) is 22.0. The molecule has 0 aliphatic carbocycles. The molecule has 2 amide bonds. The summed E-state index contributed by atoms with van der Waals surface area (Å²) in [4.78, 5) is 31.2. The minimum absolute atomic E-state index is 0.0908. The number of rotatable bonds is 5. The van der Waals surface area contributed by atoms with Crippen molar-refractivity contribution >= 4 is 46.7 Å². The molecule has 31 heavy (non-hydrogen) atoms. The Hall–Kier alpha value is -2.97. The van der Waals surface area contributed by atoms with Crippen LogP contribution in [0.15, 0.2) is 58.9 Å². The number of amides is 2. The number of hydrogen-bond acceptors (Lipinski definition) is 5. The average Bonchev–Trinajstić information content (AvgIpc) is 3.31. The van der Waals surface area contributed by atoms with Gasteiger partial charge in [0.2, 0.25) is 11.8 Å². The van der Waals surface area contributed by atoms with Crippen LogP contribution < -0.4 is 5.32 Å². The van der Waals surface area contributed by atoms with E-state index in [1.807, 2.05) is 42.6 Å². The van der Waals surface area contributed by atoms with Crippen LogP contribution in [0.4, 0.5) is 10.1 Å². The molecule has 2 heterocycles. The van der Waals surface area contributed by atoms with Crippen molar-refractivity contribution in [2.24, 2.45) is 0 Å². The fraction of sp³-hybridized carbons (Fsp3) is 0.174. The van der Waals surface area contributed by atoms with Crippen molar-refractivity contribution in [1.82, 2.24) is 9.88 Å². The summed E-state index contributed by atoms with van der Waals surface area (Å²) in [7, 11) is 0. The topological polar surface area (TPSA) is 62.3 Å². The van der Waals surface area contributed by atoms with Gasteiger partial charge in [0.25, 0.3) is 0 Å². The number of carbonyl (C=O) groups is 2. The number of nitrogens with zero attached hydrogens (tertiary/aromatic N) is 2. The van der Waals surface area contributed by atoms with Gasteiger partial charge in [0.15, 0.2) is 0 Å². The summed E-state index contributed by atoms with van der Waals surface area (Å²) in [5, 5.41) is 5.61. The predicted molar refractivity (Wildman–Crippen MR) is 124 cm³/mol. The maximum atomic E-state index is 13.8. The highest BCUT2D eigenvalue weighted by atomic mass is 32.2. The Kier molecular flexibility index (Phi) is 6.20. The van der Waals surface area contributed by atoms with E-state index in [1.54, 1.807) is 19.1 Å². The second-order valence-electron chi connectivity index (χ2n) is 7.13. The average molecular weight is 454 g/mol. The zero-order valence-corrected chi connectivity index (χ0v) is 18.6. The number of aromatic nitrogens is 1. The lowest BCUT2D eigenvalue weighted by Crippen LogP contribution is -2.35. The number of benzene rings is 2. The molecule has 1 atom stereocenters. The number of halogens is 1. The molecule has 3 aromatic rings. The van der Waals surface area contributed by atoms with Gasteiger partial charge in [0, 0.05) is 17.0 Å². The fourth-order valence-electron chi connectivity index (χ4n) is 3.10. The van der Waals surface area contributed by atoms with Gasteiger partial charge in [-0.3, -0.25) is 14.5 Å².